The van der Waals surface area contributed by atoms with Gasteiger partial charge in [-0.3, -0.25) is 4.90 Å². The fourth-order valence-electron chi connectivity index (χ4n) is 2.16. The summed E-state index contributed by atoms with van der Waals surface area (Å²) in [6.07, 6.45) is 2.22. The molecule has 0 radical (unpaired) electrons. The summed E-state index contributed by atoms with van der Waals surface area (Å²) in [4.78, 5) is 2.24. The van der Waals surface area contributed by atoms with E-state index in [4.69, 9.17) is 9.26 Å². The Balaban J connectivity index is 1.92. The lowest BCUT2D eigenvalue weighted by Gasteiger charge is -2.20. The maximum Gasteiger partial charge on any atom is 0.162 e. The third-order valence-corrected chi connectivity index (χ3v) is 2.97. The monoisotopic (exact) mass is 226 g/mol. The summed E-state index contributed by atoms with van der Waals surface area (Å²) in [5.41, 5.74) is 0.910. The van der Waals surface area contributed by atoms with Gasteiger partial charge in [-0.2, -0.15) is 0 Å². The minimum atomic E-state index is 0.225. The standard InChI is InChI=1S/C11H18N2O3/c1-15-8-11-5-9(12-16-11)6-13-4-2-3-10(13)7-14/h5,10,14H,2-4,6-8H2,1H3. The van der Waals surface area contributed by atoms with Gasteiger partial charge in [-0.15, -0.1) is 0 Å². The number of aliphatic hydroxyl groups excluding tert-OH is 1. The second-order valence-electron chi connectivity index (χ2n) is 4.17. The topological polar surface area (TPSA) is 58.7 Å². The van der Waals surface area contributed by atoms with Crippen molar-refractivity contribution >= 4 is 0 Å². The zero-order chi connectivity index (χ0) is 11.4. The highest BCUT2D eigenvalue weighted by Crippen LogP contribution is 2.19. The van der Waals surface area contributed by atoms with E-state index in [-0.39, 0.29) is 12.6 Å². The number of hydrogen-bond donors (Lipinski definition) is 1. The SMILES string of the molecule is COCc1cc(CN2CCCC2CO)no1. The van der Waals surface area contributed by atoms with Gasteiger partial charge < -0.3 is 14.4 Å². The molecule has 0 bridgehead atoms. The number of rotatable bonds is 5. The zero-order valence-electron chi connectivity index (χ0n) is 9.56. The van der Waals surface area contributed by atoms with E-state index in [0.29, 0.717) is 6.61 Å². The lowest BCUT2D eigenvalue weighted by molar-refractivity contribution is 0.148. The Labute approximate surface area is 95.0 Å². The minimum Gasteiger partial charge on any atom is -0.395 e. The van der Waals surface area contributed by atoms with Gasteiger partial charge in [0, 0.05) is 25.8 Å². The van der Waals surface area contributed by atoms with Crippen molar-refractivity contribution in [2.24, 2.45) is 0 Å². The molecule has 2 rings (SSSR count). The number of aromatic nitrogens is 1. The van der Waals surface area contributed by atoms with E-state index in [2.05, 4.69) is 10.1 Å². The molecule has 5 heteroatoms. The van der Waals surface area contributed by atoms with Crippen molar-refractivity contribution < 1.29 is 14.4 Å². The molecule has 0 amide bonds. The first-order chi connectivity index (χ1) is 7.83. The van der Waals surface area contributed by atoms with Crippen molar-refractivity contribution in [2.75, 3.05) is 20.3 Å². The Morgan fingerprint density at radius 3 is 3.31 bits per heavy atom. The molecule has 0 spiro atoms. The van der Waals surface area contributed by atoms with Gasteiger partial charge in [0.05, 0.1) is 12.3 Å². The molecule has 1 aliphatic rings. The second kappa shape index (κ2) is 5.43. The van der Waals surface area contributed by atoms with E-state index >= 15 is 0 Å². The highest BCUT2D eigenvalue weighted by atomic mass is 16.5. The molecular formula is C11H18N2O3. The van der Waals surface area contributed by atoms with E-state index in [1.807, 2.05) is 6.07 Å². The van der Waals surface area contributed by atoms with E-state index in [9.17, 15) is 5.11 Å². The fourth-order valence-corrected chi connectivity index (χ4v) is 2.16. The molecule has 1 N–H and O–H groups in total. The molecule has 1 atom stereocenters. The quantitative estimate of drug-likeness (QED) is 0.804. The van der Waals surface area contributed by atoms with Gasteiger partial charge in [-0.05, 0) is 19.4 Å². The lowest BCUT2D eigenvalue weighted by Crippen LogP contribution is -2.31. The number of methoxy groups -OCH3 is 1. The summed E-state index contributed by atoms with van der Waals surface area (Å²) < 4.78 is 10.1. The van der Waals surface area contributed by atoms with Gasteiger partial charge in [0.25, 0.3) is 0 Å². The molecule has 16 heavy (non-hydrogen) atoms. The highest BCUT2D eigenvalue weighted by molar-refractivity contribution is 5.05. The maximum absolute atomic E-state index is 9.20. The molecule has 5 nitrogen and oxygen atoms in total. The van der Waals surface area contributed by atoms with Crippen molar-refractivity contribution in [1.82, 2.24) is 10.1 Å². The van der Waals surface area contributed by atoms with Crippen LogP contribution in [-0.4, -0.2) is 41.5 Å². The molecule has 1 fully saturated rings. The molecule has 0 aromatic carbocycles. The summed E-state index contributed by atoms with van der Waals surface area (Å²) in [5.74, 6) is 0.747. The third-order valence-electron chi connectivity index (χ3n) is 2.97. The summed E-state index contributed by atoms with van der Waals surface area (Å²) >= 11 is 0. The number of nitrogens with zero attached hydrogens (tertiary/aromatic N) is 2. The molecule has 0 saturated carbocycles. The van der Waals surface area contributed by atoms with E-state index in [1.165, 1.54) is 0 Å². The van der Waals surface area contributed by atoms with Gasteiger partial charge in [-0.1, -0.05) is 5.16 Å². The van der Waals surface area contributed by atoms with E-state index in [1.54, 1.807) is 7.11 Å². The maximum atomic E-state index is 9.20. The number of likely N-dealkylation sites (tertiary alicyclic amines) is 1. The Bertz CT molecular complexity index is 327. The van der Waals surface area contributed by atoms with Crippen molar-refractivity contribution in [3.05, 3.63) is 17.5 Å². The number of hydrogen-bond acceptors (Lipinski definition) is 5. The van der Waals surface area contributed by atoms with Crippen LogP contribution in [-0.2, 0) is 17.9 Å². The van der Waals surface area contributed by atoms with E-state index < -0.39 is 0 Å². The van der Waals surface area contributed by atoms with Crippen molar-refractivity contribution in [3.63, 3.8) is 0 Å². The molecule has 1 saturated heterocycles. The van der Waals surface area contributed by atoms with Crippen LogP contribution >= 0.6 is 0 Å². The average molecular weight is 226 g/mol. The van der Waals surface area contributed by atoms with E-state index in [0.717, 1.165) is 37.4 Å². The first kappa shape index (κ1) is 11.6. The van der Waals surface area contributed by atoms with Crippen molar-refractivity contribution in [1.29, 1.82) is 0 Å². The fraction of sp³-hybridized carbons (Fsp3) is 0.727. The Kier molecular flexibility index (Phi) is 3.93. The van der Waals surface area contributed by atoms with Crippen LogP contribution < -0.4 is 0 Å². The summed E-state index contributed by atoms with van der Waals surface area (Å²) in [7, 11) is 1.63. The lowest BCUT2D eigenvalue weighted by atomic mass is 10.2. The van der Waals surface area contributed by atoms with Gasteiger partial charge in [0.1, 0.15) is 6.61 Å². The minimum absolute atomic E-state index is 0.225. The summed E-state index contributed by atoms with van der Waals surface area (Å²) in [5, 5.41) is 13.2. The molecule has 90 valence electrons. The van der Waals surface area contributed by atoms with Crippen LogP contribution in [0.1, 0.15) is 24.3 Å². The molecule has 1 aliphatic heterocycles. The summed E-state index contributed by atoms with van der Waals surface area (Å²) in [6, 6.07) is 2.19. The number of aliphatic hydroxyl groups is 1. The molecule has 2 heterocycles. The molecule has 1 aromatic rings. The Morgan fingerprint density at radius 2 is 2.56 bits per heavy atom. The van der Waals surface area contributed by atoms with Gasteiger partial charge in [0.15, 0.2) is 5.76 Å². The van der Waals surface area contributed by atoms with Crippen LogP contribution in [0.4, 0.5) is 0 Å². The smallest absolute Gasteiger partial charge is 0.162 e. The first-order valence-electron chi connectivity index (χ1n) is 5.62. The van der Waals surface area contributed by atoms with Crippen LogP contribution in [0, 0.1) is 0 Å². The van der Waals surface area contributed by atoms with Crippen LogP contribution in [0.2, 0.25) is 0 Å². The Hall–Kier alpha value is -0.910. The van der Waals surface area contributed by atoms with Crippen LogP contribution in [0.3, 0.4) is 0 Å². The van der Waals surface area contributed by atoms with Crippen LogP contribution in [0.5, 0.6) is 0 Å². The average Bonchev–Trinajstić information content (AvgIpc) is 2.89. The highest BCUT2D eigenvalue weighted by Gasteiger charge is 2.24. The van der Waals surface area contributed by atoms with Gasteiger partial charge in [-0.25, -0.2) is 0 Å². The zero-order valence-corrected chi connectivity index (χ0v) is 9.56. The Morgan fingerprint density at radius 1 is 1.69 bits per heavy atom. The molecule has 1 unspecified atom stereocenters. The number of ether oxygens (including phenoxy) is 1. The largest absolute Gasteiger partial charge is 0.395 e. The molecule has 1 aromatic heterocycles. The van der Waals surface area contributed by atoms with Gasteiger partial charge in [0.2, 0.25) is 0 Å². The van der Waals surface area contributed by atoms with Crippen molar-refractivity contribution in [2.45, 2.75) is 32.0 Å². The molecule has 0 aliphatic carbocycles. The predicted molar refractivity (Wildman–Crippen MR) is 57.7 cm³/mol. The second-order valence-corrected chi connectivity index (χ2v) is 4.17. The van der Waals surface area contributed by atoms with Crippen LogP contribution in [0.25, 0.3) is 0 Å². The molecular weight excluding hydrogens is 208 g/mol. The van der Waals surface area contributed by atoms with Gasteiger partial charge >= 0.3 is 0 Å². The predicted octanol–water partition coefficient (Wildman–Crippen LogP) is 0.778. The first-order valence-corrected chi connectivity index (χ1v) is 5.62. The van der Waals surface area contributed by atoms with Crippen LogP contribution in [0.15, 0.2) is 10.6 Å². The summed E-state index contributed by atoms with van der Waals surface area (Å²) in [6.45, 7) is 2.45. The normalized spacial score (nSPS) is 21.8. The third kappa shape index (κ3) is 2.61. The van der Waals surface area contributed by atoms with Crippen molar-refractivity contribution in [3.8, 4) is 0 Å².